The Morgan fingerprint density at radius 1 is 1.03 bits per heavy atom. The number of aliphatic hydroxyl groups is 1. The summed E-state index contributed by atoms with van der Waals surface area (Å²) >= 11 is 0. The molecule has 5 nitrogen and oxygen atoms in total. The molecule has 6 atom stereocenters. The first-order valence-corrected chi connectivity index (χ1v) is 14.3. The summed E-state index contributed by atoms with van der Waals surface area (Å²) in [5.74, 6) is 0.201. The van der Waals surface area contributed by atoms with E-state index in [1.165, 1.54) is 19.4 Å². The van der Waals surface area contributed by atoms with E-state index in [-0.39, 0.29) is 35.0 Å². The third kappa shape index (κ3) is 6.63. The predicted octanol–water partition coefficient (Wildman–Crippen LogP) is 7.14. The molecular formula is C31H43F3O5. The molecule has 0 aromatic heterocycles. The van der Waals surface area contributed by atoms with Gasteiger partial charge in [0.05, 0.1) is 0 Å². The molecule has 1 N–H and O–H groups in total. The molecular weight excluding hydrogens is 509 g/mol. The first kappa shape index (κ1) is 29.9. The molecule has 0 bridgehead atoms. The molecule has 4 aliphatic carbocycles. The van der Waals surface area contributed by atoms with Crippen molar-refractivity contribution >= 4 is 11.9 Å². The number of hydrogen-bond donors (Lipinski definition) is 1. The van der Waals surface area contributed by atoms with E-state index < -0.39 is 11.8 Å². The second kappa shape index (κ2) is 11.1. The van der Waals surface area contributed by atoms with Crippen LogP contribution in [0.1, 0.15) is 98.3 Å². The van der Waals surface area contributed by atoms with Crippen molar-refractivity contribution in [3.8, 4) is 0 Å². The summed E-state index contributed by atoms with van der Waals surface area (Å²) in [6.45, 7) is 5.96. The van der Waals surface area contributed by atoms with E-state index in [9.17, 15) is 27.9 Å². The van der Waals surface area contributed by atoms with E-state index in [1.54, 1.807) is 6.08 Å². The summed E-state index contributed by atoms with van der Waals surface area (Å²) in [6.07, 6.45) is 11.3. The Labute approximate surface area is 229 Å². The van der Waals surface area contributed by atoms with Crippen LogP contribution in [0.4, 0.5) is 13.2 Å². The zero-order chi connectivity index (χ0) is 28.6. The molecule has 0 spiro atoms. The van der Waals surface area contributed by atoms with Crippen LogP contribution in [-0.2, 0) is 19.1 Å². The monoisotopic (exact) mass is 552 g/mol. The van der Waals surface area contributed by atoms with Gasteiger partial charge in [-0.05, 0) is 87.0 Å². The number of alkyl halides is 3. The van der Waals surface area contributed by atoms with Gasteiger partial charge in [-0.3, -0.25) is 9.59 Å². The number of hydrogen-bond acceptors (Lipinski definition) is 5. The van der Waals surface area contributed by atoms with Gasteiger partial charge in [-0.25, -0.2) is 0 Å². The third-order valence-electron chi connectivity index (χ3n) is 9.84. The lowest BCUT2D eigenvalue weighted by atomic mass is 9.59. The summed E-state index contributed by atoms with van der Waals surface area (Å²) in [5.41, 5.74) is -0.147. The van der Waals surface area contributed by atoms with Crippen LogP contribution >= 0.6 is 0 Å². The average Bonchev–Trinajstić information content (AvgIpc) is 3.48. The highest BCUT2D eigenvalue weighted by molar-refractivity contribution is 5.67. The normalized spacial score (nSPS) is 34.9. The van der Waals surface area contributed by atoms with Gasteiger partial charge in [0.2, 0.25) is 0 Å². The van der Waals surface area contributed by atoms with Crippen LogP contribution in [0, 0.1) is 22.7 Å². The van der Waals surface area contributed by atoms with E-state index in [2.05, 4.69) is 19.1 Å². The van der Waals surface area contributed by atoms with Crippen LogP contribution in [-0.4, -0.2) is 41.0 Å². The van der Waals surface area contributed by atoms with E-state index >= 15 is 0 Å². The molecule has 39 heavy (non-hydrogen) atoms. The number of ether oxygens (including phenoxy) is 2. The number of carbonyl (C=O) groups excluding carboxylic acids is 2. The van der Waals surface area contributed by atoms with E-state index in [1.807, 2.05) is 0 Å². The molecule has 4 saturated carbocycles. The minimum Gasteiger partial charge on any atom is -0.462 e. The minimum absolute atomic E-state index is 0.0282. The highest BCUT2D eigenvalue weighted by Gasteiger charge is 2.60. The molecule has 2 unspecified atom stereocenters. The third-order valence-corrected chi connectivity index (χ3v) is 9.84. The van der Waals surface area contributed by atoms with Crippen molar-refractivity contribution in [1.82, 2.24) is 0 Å². The van der Waals surface area contributed by atoms with Gasteiger partial charge >= 0.3 is 18.1 Å². The number of esters is 2. The molecule has 0 heterocycles. The number of carbonyl (C=O) groups is 2. The van der Waals surface area contributed by atoms with Crippen molar-refractivity contribution in [2.75, 3.05) is 0 Å². The summed E-state index contributed by atoms with van der Waals surface area (Å²) < 4.78 is 50.2. The molecule has 0 saturated heterocycles. The van der Waals surface area contributed by atoms with Crippen molar-refractivity contribution in [2.24, 2.45) is 22.7 Å². The van der Waals surface area contributed by atoms with Gasteiger partial charge < -0.3 is 14.6 Å². The lowest BCUT2D eigenvalue weighted by molar-refractivity contribution is -0.232. The minimum atomic E-state index is -4.68. The van der Waals surface area contributed by atoms with E-state index in [0.29, 0.717) is 37.5 Å². The van der Waals surface area contributed by atoms with Crippen molar-refractivity contribution in [2.45, 2.75) is 122 Å². The Hall–Kier alpha value is -2.09. The molecule has 4 aliphatic rings. The maximum absolute atomic E-state index is 13.1. The van der Waals surface area contributed by atoms with Crippen LogP contribution in [0.2, 0.25) is 0 Å². The van der Waals surface area contributed by atoms with Crippen molar-refractivity contribution in [1.29, 1.82) is 0 Å². The molecule has 0 aromatic carbocycles. The number of halogens is 3. The second-order valence-electron chi connectivity index (χ2n) is 12.8. The number of allylic oxidation sites excluding steroid dienone is 4. The first-order chi connectivity index (χ1) is 18.2. The largest absolute Gasteiger partial charge is 0.462 e. The molecule has 0 radical (unpaired) electrons. The average molecular weight is 553 g/mol. The maximum Gasteiger partial charge on any atom is 0.420 e. The van der Waals surface area contributed by atoms with Crippen LogP contribution in [0.5, 0.6) is 0 Å². The highest BCUT2D eigenvalue weighted by Crippen LogP contribution is 2.69. The zero-order valence-electron chi connectivity index (χ0n) is 23.6. The predicted molar refractivity (Wildman–Crippen MR) is 141 cm³/mol. The van der Waals surface area contributed by atoms with Crippen molar-refractivity contribution in [3.63, 3.8) is 0 Å². The summed E-state index contributed by atoms with van der Waals surface area (Å²) in [5, 5.41) is 9.82. The molecule has 8 heteroatoms. The van der Waals surface area contributed by atoms with Gasteiger partial charge in [0, 0.05) is 33.1 Å². The maximum atomic E-state index is 13.1. The molecule has 0 amide bonds. The smallest absolute Gasteiger partial charge is 0.420 e. The SMILES string of the molecule is CC(=O)O[C@@H]1CC(=C/C=C2\CCC[C@@]3(C)C2CC[C@@H]3C2(C/C=C\C(C)(O)C(F)(F)F)CC2)C[C@@H](OC(C)=O)C1. The lowest BCUT2D eigenvalue weighted by Crippen LogP contribution is -2.40. The topological polar surface area (TPSA) is 72.8 Å². The zero-order valence-corrected chi connectivity index (χ0v) is 23.6. The van der Waals surface area contributed by atoms with Gasteiger partial charge in [0.1, 0.15) is 12.2 Å². The first-order valence-electron chi connectivity index (χ1n) is 14.3. The van der Waals surface area contributed by atoms with E-state index in [4.69, 9.17) is 9.47 Å². The number of fused-ring (bicyclic) bond motifs is 1. The van der Waals surface area contributed by atoms with Crippen LogP contribution in [0.15, 0.2) is 35.5 Å². The molecule has 0 aliphatic heterocycles. The van der Waals surface area contributed by atoms with Gasteiger partial charge in [0.25, 0.3) is 0 Å². The van der Waals surface area contributed by atoms with Gasteiger partial charge in [-0.2, -0.15) is 13.2 Å². The van der Waals surface area contributed by atoms with Gasteiger partial charge in [-0.15, -0.1) is 0 Å². The van der Waals surface area contributed by atoms with Crippen LogP contribution < -0.4 is 0 Å². The quantitative estimate of drug-likeness (QED) is 0.268. The molecule has 4 rings (SSSR count). The Bertz CT molecular complexity index is 1010. The fourth-order valence-corrected chi connectivity index (χ4v) is 7.86. The summed E-state index contributed by atoms with van der Waals surface area (Å²) in [4.78, 5) is 23.1. The van der Waals surface area contributed by atoms with Gasteiger partial charge in [0.15, 0.2) is 5.60 Å². The summed E-state index contributed by atoms with van der Waals surface area (Å²) in [7, 11) is 0. The fraction of sp³-hybridized carbons (Fsp3) is 0.742. The summed E-state index contributed by atoms with van der Waals surface area (Å²) in [6, 6.07) is 0. The lowest BCUT2D eigenvalue weighted by Gasteiger charge is -2.45. The number of rotatable bonds is 7. The fourth-order valence-electron chi connectivity index (χ4n) is 7.86. The van der Waals surface area contributed by atoms with Crippen molar-refractivity contribution < 1.29 is 37.3 Å². The molecule has 218 valence electrons. The Kier molecular flexibility index (Phi) is 8.47. The van der Waals surface area contributed by atoms with Crippen molar-refractivity contribution in [3.05, 3.63) is 35.5 Å². The van der Waals surface area contributed by atoms with Crippen LogP contribution in [0.3, 0.4) is 0 Å². The highest BCUT2D eigenvalue weighted by atomic mass is 19.4. The molecule has 0 aromatic rings. The second-order valence-corrected chi connectivity index (χ2v) is 12.8. The van der Waals surface area contributed by atoms with E-state index in [0.717, 1.165) is 63.5 Å². The Morgan fingerprint density at radius 3 is 2.18 bits per heavy atom. The molecule has 4 fully saturated rings. The Balaban J connectivity index is 1.48. The Morgan fingerprint density at radius 2 is 1.64 bits per heavy atom. The van der Waals surface area contributed by atoms with Crippen LogP contribution in [0.25, 0.3) is 0 Å². The van der Waals surface area contributed by atoms with Gasteiger partial charge in [-0.1, -0.05) is 36.3 Å². The standard InChI is InChI=1S/C31H43F3O5/c1-20(35)38-24-17-22(18-25(19-24)39-21(2)36)8-9-23-7-5-12-28(3)26(23)10-11-27(28)30(15-16-30)14-6-13-29(4,37)31(32,33)34/h6,8-9,13,24-27,37H,5,7,10-12,14-19H2,1-4H3/b13-6-,23-9+/t24-,25-,26?,27+,28+,29?/m1/s1.